The molecule has 0 fully saturated rings. The molecule has 2 heterocycles. The molecule has 0 unspecified atom stereocenters. The quantitative estimate of drug-likeness (QED) is 0.540. The van der Waals surface area contributed by atoms with Gasteiger partial charge in [0.15, 0.2) is 5.82 Å². The first-order valence-corrected chi connectivity index (χ1v) is 4.09. The van der Waals surface area contributed by atoms with Crippen LogP contribution in [0.3, 0.4) is 0 Å². The van der Waals surface area contributed by atoms with E-state index >= 15 is 0 Å². The molecule has 0 radical (unpaired) electrons. The predicted octanol–water partition coefficient (Wildman–Crippen LogP) is -1.12. The summed E-state index contributed by atoms with van der Waals surface area (Å²) in [5, 5.41) is 6.16. The summed E-state index contributed by atoms with van der Waals surface area (Å²) in [7, 11) is 0. The van der Waals surface area contributed by atoms with Crippen molar-refractivity contribution in [2.75, 3.05) is 11.1 Å². The zero-order valence-corrected chi connectivity index (χ0v) is 7.81. The second kappa shape index (κ2) is 3.08. The number of nitrogens with two attached hydrogens (primary N) is 1. The Labute approximate surface area is 83.1 Å². The lowest BCUT2D eigenvalue weighted by Gasteiger charge is -2.02. The monoisotopic (exact) mass is 208 g/mol. The summed E-state index contributed by atoms with van der Waals surface area (Å²) in [5.41, 5.74) is 5.08. The lowest BCUT2D eigenvalue weighted by molar-refractivity contribution is -0.105. The van der Waals surface area contributed by atoms with Crippen LogP contribution in [0.25, 0.3) is 5.78 Å². The van der Waals surface area contributed by atoms with Crippen LogP contribution in [0.1, 0.15) is 5.82 Å². The van der Waals surface area contributed by atoms with Gasteiger partial charge in [0, 0.05) is 0 Å². The van der Waals surface area contributed by atoms with Crippen molar-refractivity contribution >= 4 is 23.7 Å². The molecule has 1 amide bonds. The molecule has 0 saturated heterocycles. The largest absolute Gasteiger partial charge is 0.382 e. The number of hydrogen-bond acceptors (Lipinski definition) is 5. The van der Waals surface area contributed by atoms with Crippen LogP contribution in [0.4, 0.5) is 11.5 Å². The van der Waals surface area contributed by atoms with Crippen LogP contribution < -0.4 is 16.6 Å². The molecule has 0 aromatic carbocycles. The fourth-order valence-corrected chi connectivity index (χ4v) is 1.25. The van der Waals surface area contributed by atoms with Crippen molar-refractivity contribution < 1.29 is 4.79 Å². The van der Waals surface area contributed by atoms with E-state index in [9.17, 15) is 9.59 Å². The SMILES string of the molecule is Cc1nc2[nH]c(=O)c(NC=O)c(N)n2n1. The van der Waals surface area contributed by atoms with E-state index in [1.54, 1.807) is 6.92 Å². The highest BCUT2D eigenvalue weighted by Gasteiger charge is 2.11. The number of aryl methyl sites for hydroxylation is 1. The zero-order chi connectivity index (χ0) is 11.0. The molecule has 0 aliphatic rings. The highest BCUT2D eigenvalue weighted by atomic mass is 16.1. The Kier molecular flexibility index (Phi) is 1.89. The van der Waals surface area contributed by atoms with E-state index in [1.807, 2.05) is 0 Å². The Bertz CT molecular complexity index is 583. The zero-order valence-electron chi connectivity index (χ0n) is 7.81. The van der Waals surface area contributed by atoms with Gasteiger partial charge in [0.05, 0.1) is 0 Å². The van der Waals surface area contributed by atoms with E-state index in [1.165, 1.54) is 4.52 Å². The van der Waals surface area contributed by atoms with Gasteiger partial charge in [0.1, 0.15) is 11.5 Å². The van der Waals surface area contributed by atoms with Gasteiger partial charge in [-0.15, -0.1) is 5.10 Å². The molecular formula is C7H8N6O2. The lowest BCUT2D eigenvalue weighted by atomic mass is 10.5. The first-order valence-electron chi connectivity index (χ1n) is 4.09. The van der Waals surface area contributed by atoms with E-state index < -0.39 is 5.56 Å². The number of anilines is 2. The number of nitrogen functional groups attached to an aromatic ring is 1. The summed E-state index contributed by atoms with van der Waals surface area (Å²) in [6.45, 7) is 1.66. The molecule has 15 heavy (non-hydrogen) atoms. The molecule has 2 rings (SSSR count). The number of aromatic nitrogens is 4. The second-order valence-corrected chi connectivity index (χ2v) is 2.87. The maximum atomic E-state index is 11.4. The molecule has 0 saturated carbocycles. The summed E-state index contributed by atoms with van der Waals surface area (Å²) in [4.78, 5) is 28.0. The highest BCUT2D eigenvalue weighted by Crippen LogP contribution is 2.11. The van der Waals surface area contributed by atoms with Crippen LogP contribution >= 0.6 is 0 Å². The van der Waals surface area contributed by atoms with Crippen LogP contribution in [-0.2, 0) is 4.79 Å². The third-order valence-electron chi connectivity index (χ3n) is 1.85. The van der Waals surface area contributed by atoms with Crippen molar-refractivity contribution in [3.63, 3.8) is 0 Å². The van der Waals surface area contributed by atoms with Crippen molar-refractivity contribution in [1.29, 1.82) is 0 Å². The fraction of sp³-hybridized carbons (Fsp3) is 0.143. The van der Waals surface area contributed by atoms with E-state index in [0.717, 1.165) is 0 Å². The van der Waals surface area contributed by atoms with Crippen LogP contribution in [0, 0.1) is 6.92 Å². The van der Waals surface area contributed by atoms with Crippen LogP contribution in [-0.4, -0.2) is 26.0 Å². The van der Waals surface area contributed by atoms with E-state index in [4.69, 9.17) is 5.73 Å². The Morgan fingerprint density at radius 3 is 3.00 bits per heavy atom. The number of nitrogens with one attached hydrogen (secondary N) is 2. The third-order valence-corrected chi connectivity index (χ3v) is 1.85. The minimum atomic E-state index is -0.514. The number of rotatable bonds is 2. The minimum absolute atomic E-state index is 0.0394. The summed E-state index contributed by atoms with van der Waals surface area (Å²) in [5.74, 6) is 0.758. The van der Waals surface area contributed by atoms with Gasteiger partial charge in [-0.2, -0.15) is 9.50 Å². The molecule has 78 valence electrons. The summed E-state index contributed by atoms with van der Waals surface area (Å²) in [6.07, 6.45) is 0.372. The number of carbonyl (C=O) groups excluding carboxylic acids is 1. The average molecular weight is 208 g/mol. The number of hydrogen-bond donors (Lipinski definition) is 3. The number of fused-ring (bicyclic) bond motifs is 1. The molecular weight excluding hydrogens is 200 g/mol. The smallest absolute Gasteiger partial charge is 0.278 e. The average Bonchev–Trinajstić information content (AvgIpc) is 2.53. The third kappa shape index (κ3) is 1.31. The topological polar surface area (TPSA) is 118 Å². The fourth-order valence-electron chi connectivity index (χ4n) is 1.25. The molecule has 8 heteroatoms. The molecule has 2 aromatic rings. The summed E-state index contributed by atoms with van der Waals surface area (Å²) < 4.78 is 1.25. The molecule has 0 bridgehead atoms. The van der Waals surface area contributed by atoms with Gasteiger partial charge < -0.3 is 11.1 Å². The Balaban J connectivity index is 2.82. The van der Waals surface area contributed by atoms with Gasteiger partial charge >= 0.3 is 0 Å². The molecule has 2 aromatic heterocycles. The van der Waals surface area contributed by atoms with E-state index in [2.05, 4.69) is 20.4 Å². The van der Waals surface area contributed by atoms with Gasteiger partial charge in [-0.05, 0) is 6.92 Å². The number of carbonyl (C=O) groups is 1. The first kappa shape index (κ1) is 9.19. The van der Waals surface area contributed by atoms with Crippen LogP contribution in [0.15, 0.2) is 4.79 Å². The number of amides is 1. The van der Waals surface area contributed by atoms with Crippen LogP contribution in [0.2, 0.25) is 0 Å². The van der Waals surface area contributed by atoms with Gasteiger partial charge in [-0.25, -0.2) is 0 Å². The molecule has 0 atom stereocenters. The van der Waals surface area contributed by atoms with E-state index in [-0.39, 0.29) is 17.3 Å². The molecule has 4 N–H and O–H groups in total. The molecule has 0 aliphatic heterocycles. The predicted molar refractivity (Wildman–Crippen MR) is 52.4 cm³/mol. The van der Waals surface area contributed by atoms with Gasteiger partial charge in [-0.1, -0.05) is 0 Å². The van der Waals surface area contributed by atoms with Crippen molar-refractivity contribution in [3.8, 4) is 0 Å². The summed E-state index contributed by atoms with van der Waals surface area (Å²) >= 11 is 0. The first-order chi connectivity index (χ1) is 7.13. The molecule has 0 aliphatic carbocycles. The van der Waals surface area contributed by atoms with Crippen molar-refractivity contribution in [1.82, 2.24) is 19.6 Å². The number of nitrogens with zero attached hydrogens (tertiary/aromatic N) is 3. The van der Waals surface area contributed by atoms with Crippen LogP contribution in [0.5, 0.6) is 0 Å². The Hall–Kier alpha value is -2.38. The molecule has 0 spiro atoms. The normalized spacial score (nSPS) is 10.5. The number of aromatic amines is 1. The Morgan fingerprint density at radius 2 is 2.33 bits per heavy atom. The van der Waals surface area contributed by atoms with Crippen molar-refractivity contribution in [2.45, 2.75) is 6.92 Å². The van der Waals surface area contributed by atoms with Crippen molar-refractivity contribution in [3.05, 3.63) is 16.2 Å². The standard InChI is InChI=1S/C7H8N6O2/c1-3-10-7-11-6(15)4(9-2-14)5(8)13(7)12-3/h2H,8H2,1H3,(H,9,14)(H,10,11,12,15). The second-order valence-electron chi connectivity index (χ2n) is 2.87. The maximum absolute atomic E-state index is 11.4. The summed E-state index contributed by atoms with van der Waals surface area (Å²) in [6, 6.07) is 0. The minimum Gasteiger partial charge on any atom is -0.382 e. The highest BCUT2D eigenvalue weighted by molar-refractivity contribution is 5.77. The van der Waals surface area contributed by atoms with Gasteiger partial charge in [-0.3, -0.25) is 14.6 Å². The van der Waals surface area contributed by atoms with Crippen molar-refractivity contribution in [2.24, 2.45) is 0 Å². The van der Waals surface area contributed by atoms with Gasteiger partial charge in [0.25, 0.3) is 5.56 Å². The lowest BCUT2D eigenvalue weighted by Crippen LogP contribution is -2.19. The van der Waals surface area contributed by atoms with E-state index in [0.29, 0.717) is 12.2 Å². The molecule has 8 nitrogen and oxygen atoms in total. The maximum Gasteiger partial charge on any atom is 0.278 e. The Morgan fingerprint density at radius 1 is 1.60 bits per heavy atom. The van der Waals surface area contributed by atoms with Gasteiger partial charge in [0.2, 0.25) is 12.2 Å². The number of H-pyrrole nitrogens is 1.